The number of halogens is 5. The normalized spacial score (nSPS) is 15.3. The minimum Gasteiger partial charge on any atom is -0.374 e. The van der Waals surface area contributed by atoms with Crippen molar-refractivity contribution in [3.8, 4) is 0 Å². The van der Waals surface area contributed by atoms with Crippen LogP contribution >= 0.6 is 23.2 Å². The molecule has 10 heteroatoms. The Morgan fingerprint density at radius 3 is 2.57 bits per heavy atom. The number of rotatable bonds is 12. The van der Waals surface area contributed by atoms with E-state index in [4.69, 9.17) is 28.0 Å². The van der Waals surface area contributed by atoms with Gasteiger partial charge in [0.2, 0.25) is 5.60 Å². The highest BCUT2D eigenvalue weighted by molar-refractivity contribution is 6.31. The zero-order valence-corrected chi connectivity index (χ0v) is 20.9. The van der Waals surface area contributed by atoms with Crippen LogP contribution in [0.5, 0.6) is 0 Å². The molecule has 0 saturated carbocycles. The molecule has 5 nitrogen and oxygen atoms in total. The lowest BCUT2D eigenvalue weighted by Crippen LogP contribution is -2.51. The van der Waals surface area contributed by atoms with Gasteiger partial charge in [-0.1, -0.05) is 54.0 Å². The van der Waals surface area contributed by atoms with Crippen molar-refractivity contribution >= 4 is 23.2 Å². The second kappa shape index (κ2) is 13.2. The van der Waals surface area contributed by atoms with Gasteiger partial charge in [0.25, 0.3) is 0 Å². The van der Waals surface area contributed by atoms with Crippen molar-refractivity contribution in [2.24, 2.45) is 0 Å². The zero-order valence-electron chi connectivity index (χ0n) is 19.4. The van der Waals surface area contributed by atoms with E-state index in [-0.39, 0.29) is 17.0 Å². The summed E-state index contributed by atoms with van der Waals surface area (Å²) in [5, 5.41) is 13.4. The molecule has 2 aromatic rings. The third-order valence-corrected chi connectivity index (χ3v) is 5.59. The SMILES string of the molecule is C=C(Cl)C=C(C=CCl)C(CCc1ccc(C(O)NCc2ccccn2)c(C)c1)(ONC)C(F)(F)F. The van der Waals surface area contributed by atoms with Gasteiger partial charge in [-0.15, -0.1) is 0 Å². The standard InChI is InChI=1S/C25H28Cl2F3N3O2/c1-17-14-19(7-8-22(17)23(34)33-16-21-6-4-5-13-32-21)9-11-24(35-31-3,25(28,29)30)20(10-12-26)15-18(2)27/h4-8,10,12-15,23,31,33-34H,2,9,11,16H2,1,3H3. The van der Waals surface area contributed by atoms with E-state index < -0.39 is 24.4 Å². The molecule has 0 aliphatic carbocycles. The Bertz CT molecular complexity index is 1050. The van der Waals surface area contributed by atoms with Gasteiger partial charge >= 0.3 is 6.18 Å². The fourth-order valence-corrected chi connectivity index (χ4v) is 3.92. The Balaban J connectivity index is 2.26. The van der Waals surface area contributed by atoms with Crippen LogP contribution in [0.25, 0.3) is 0 Å². The molecule has 0 fully saturated rings. The smallest absolute Gasteiger partial charge is 0.374 e. The van der Waals surface area contributed by atoms with E-state index in [1.54, 1.807) is 37.4 Å². The number of benzene rings is 1. The number of aliphatic hydroxyl groups is 1. The number of hydroxylamine groups is 1. The number of nitrogens with zero attached hydrogens (tertiary/aromatic N) is 1. The predicted molar refractivity (Wildman–Crippen MR) is 133 cm³/mol. The summed E-state index contributed by atoms with van der Waals surface area (Å²) < 4.78 is 43.1. The third-order valence-electron chi connectivity index (χ3n) is 5.35. The van der Waals surface area contributed by atoms with Crippen LogP contribution in [0.4, 0.5) is 13.2 Å². The lowest BCUT2D eigenvalue weighted by atomic mass is 9.85. The molecular formula is C25H28Cl2F3N3O2. The average Bonchev–Trinajstić information content (AvgIpc) is 2.79. The molecule has 0 radical (unpaired) electrons. The predicted octanol–water partition coefficient (Wildman–Crippen LogP) is 5.99. The minimum atomic E-state index is -4.80. The molecule has 1 aromatic carbocycles. The molecule has 2 atom stereocenters. The molecule has 0 bridgehead atoms. The summed E-state index contributed by atoms with van der Waals surface area (Å²) >= 11 is 11.4. The van der Waals surface area contributed by atoms with Crippen LogP contribution in [0.1, 0.15) is 35.0 Å². The number of aliphatic hydroxyl groups excluding tert-OH is 1. The summed E-state index contributed by atoms with van der Waals surface area (Å²) in [5.74, 6) is 0. The first-order valence-corrected chi connectivity index (χ1v) is 11.5. The second-order valence-corrected chi connectivity index (χ2v) is 8.50. The van der Waals surface area contributed by atoms with Crippen molar-refractivity contribution in [3.05, 3.63) is 99.9 Å². The Morgan fingerprint density at radius 1 is 1.29 bits per heavy atom. The zero-order chi connectivity index (χ0) is 26.1. The lowest BCUT2D eigenvalue weighted by molar-refractivity contribution is -0.279. The number of alkyl halides is 3. The van der Waals surface area contributed by atoms with Gasteiger partial charge in [-0.25, -0.2) is 5.48 Å². The number of nitrogens with one attached hydrogen (secondary N) is 2. The van der Waals surface area contributed by atoms with Crippen LogP contribution in [0, 0.1) is 6.92 Å². The van der Waals surface area contributed by atoms with Gasteiger partial charge in [0.15, 0.2) is 0 Å². The van der Waals surface area contributed by atoms with Gasteiger partial charge < -0.3 is 5.11 Å². The topological polar surface area (TPSA) is 66.4 Å². The van der Waals surface area contributed by atoms with Crippen LogP contribution in [-0.2, 0) is 17.8 Å². The fraction of sp³-hybridized carbons (Fsp3) is 0.320. The lowest BCUT2D eigenvalue weighted by Gasteiger charge is -2.36. The molecule has 0 amide bonds. The molecule has 0 aliphatic rings. The van der Waals surface area contributed by atoms with Crippen LogP contribution in [0.3, 0.4) is 0 Å². The number of allylic oxidation sites excluding steroid dienone is 2. The molecule has 1 aromatic heterocycles. The Kier molecular flexibility index (Phi) is 11.0. The van der Waals surface area contributed by atoms with Gasteiger partial charge in [0, 0.05) is 30.4 Å². The summed E-state index contributed by atoms with van der Waals surface area (Å²) in [6.07, 6.45) is -2.40. The van der Waals surface area contributed by atoms with E-state index in [2.05, 4.69) is 22.4 Å². The molecular weight excluding hydrogens is 502 g/mol. The number of aryl methyl sites for hydroxylation is 2. The fourth-order valence-electron chi connectivity index (χ4n) is 3.66. The molecule has 0 aliphatic heterocycles. The molecule has 1 heterocycles. The number of pyridine rings is 1. The highest BCUT2D eigenvalue weighted by Crippen LogP contribution is 2.43. The van der Waals surface area contributed by atoms with E-state index in [9.17, 15) is 18.3 Å². The maximum absolute atomic E-state index is 14.4. The Morgan fingerprint density at radius 2 is 2.03 bits per heavy atom. The van der Waals surface area contributed by atoms with Crippen molar-refractivity contribution in [1.29, 1.82) is 0 Å². The third kappa shape index (κ3) is 7.90. The number of hydrogen-bond donors (Lipinski definition) is 3. The highest BCUT2D eigenvalue weighted by atomic mass is 35.5. The van der Waals surface area contributed by atoms with Crippen LogP contribution in [0.2, 0.25) is 0 Å². The molecule has 190 valence electrons. The van der Waals surface area contributed by atoms with E-state index >= 15 is 0 Å². The van der Waals surface area contributed by atoms with E-state index in [1.807, 2.05) is 12.1 Å². The van der Waals surface area contributed by atoms with Gasteiger partial charge in [-0.05, 0) is 66.3 Å². The Labute approximate surface area is 213 Å². The number of aromatic nitrogens is 1. The first-order valence-electron chi connectivity index (χ1n) is 10.7. The summed E-state index contributed by atoms with van der Waals surface area (Å²) in [4.78, 5) is 9.28. The quantitative estimate of drug-likeness (QED) is 0.179. The maximum atomic E-state index is 14.4. The molecule has 0 spiro atoms. The summed E-state index contributed by atoms with van der Waals surface area (Å²) in [7, 11) is 1.25. The maximum Gasteiger partial charge on any atom is 0.423 e. The van der Waals surface area contributed by atoms with Crippen molar-refractivity contribution in [3.63, 3.8) is 0 Å². The molecule has 0 saturated heterocycles. The highest BCUT2D eigenvalue weighted by Gasteiger charge is 2.58. The minimum absolute atomic E-state index is 0.0159. The summed E-state index contributed by atoms with van der Waals surface area (Å²) in [5.41, 5.74) is 2.84. The van der Waals surface area contributed by atoms with Gasteiger partial charge in [0.1, 0.15) is 6.23 Å². The first-order chi connectivity index (χ1) is 16.5. The van der Waals surface area contributed by atoms with E-state index in [1.165, 1.54) is 7.05 Å². The van der Waals surface area contributed by atoms with E-state index in [0.717, 1.165) is 28.9 Å². The first kappa shape index (κ1) is 29.0. The molecule has 2 unspecified atom stereocenters. The summed E-state index contributed by atoms with van der Waals surface area (Å²) in [6, 6.07) is 10.6. The number of hydrogen-bond acceptors (Lipinski definition) is 5. The van der Waals surface area contributed by atoms with Crippen molar-refractivity contribution < 1.29 is 23.1 Å². The van der Waals surface area contributed by atoms with Crippen molar-refractivity contribution in [2.75, 3.05) is 7.05 Å². The van der Waals surface area contributed by atoms with Crippen LogP contribution < -0.4 is 10.8 Å². The van der Waals surface area contributed by atoms with Crippen LogP contribution in [0.15, 0.2) is 77.5 Å². The van der Waals surface area contributed by atoms with Gasteiger partial charge in [0.05, 0.1) is 5.69 Å². The van der Waals surface area contributed by atoms with Crippen molar-refractivity contribution in [1.82, 2.24) is 15.8 Å². The summed E-state index contributed by atoms with van der Waals surface area (Å²) in [6.45, 7) is 5.60. The second-order valence-electron chi connectivity index (χ2n) is 7.77. The van der Waals surface area contributed by atoms with Gasteiger partial charge in [-0.3, -0.25) is 15.1 Å². The van der Waals surface area contributed by atoms with Crippen LogP contribution in [-0.4, -0.2) is 28.9 Å². The van der Waals surface area contributed by atoms with E-state index in [0.29, 0.717) is 17.7 Å². The molecule has 35 heavy (non-hydrogen) atoms. The monoisotopic (exact) mass is 529 g/mol. The Hall–Kier alpha value is -2.20. The van der Waals surface area contributed by atoms with Gasteiger partial charge in [-0.2, -0.15) is 13.2 Å². The molecule has 2 rings (SSSR count). The average molecular weight is 530 g/mol. The molecule has 3 N–H and O–H groups in total. The van der Waals surface area contributed by atoms with Crippen molar-refractivity contribution in [2.45, 2.75) is 44.3 Å². The largest absolute Gasteiger partial charge is 0.423 e.